The number of nitrogens with one attached hydrogen (secondary N) is 1. The van der Waals surface area contributed by atoms with E-state index in [2.05, 4.69) is 44.5 Å². The fraction of sp³-hybridized carbons (Fsp3) is 0.0833. The van der Waals surface area contributed by atoms with Gasteiger partial charge in [0.1, 0.15) is 12.4 Å². The first-order valence-electron chi connectivity index (χ1n) is 9.88. The standard InChI is InChI=1S/C24H19ClN4OS/c25-19-8-2-5-11-22(19)30-14-13-29-16-17(18-7-1-4-10-21(18)29)15-26-28-24-27-20-9-3-6-12-23(20)31-24/h1-12,15-16H,13-14H2,(H,27,28). The van der Waals surface area contributed by atoms with Gasteiger partial charge in [0.25, 0.3) is 0 Å². The van der Waals surface area contributed by atoms with Crippen LogP contribution in [0, 0.1) is 0 Å². The zero-order chi connectivity index (χ0) is 21.0. The first kappa shape index (κ1) is 19.6. The van der Waals surface area contributed by atoms with Crippen molar-refractivity contribution >= 4 is 55.4 Å². The number of hydrogen-bond donors (Lipinski definition) is 1. The molecule has 2 heterocycles. The maximum atomic E-state index is 6.18. The number of hydrazone groups is 1. The van der Waals surface area contributed by atoms with Gasteiger partial charge in [0.05, 0.1) is 28.0 Å². The average Bonchev–Trinajstić information content (AvgIpc) is 3.36. The number of thiazole rings is 1. The van der Waals surface area contributed by atoms with E-state index in [9.17, 15) is 0 Å². The van der Waals surface area contributed by atoms with Gasteiger partial charge in [-0.3, -0.25) is 5.43 Å². The van der Waals surface area contributed by atoms with Crippen molar-refractivity contribution in [2.45, 2.75) is 6.54 Å². The number of fused-ring (bicyclic) bond motifs is 2. The summed E-state index contributed by atoms with van der Waals surface area (Å²) in [5, 5.41) is 6.95. The van der Waals surface area contributed by atoms with E-state index in [0.29, 0.717) is 23.9 Å². The van der Waals surface area contributed by atoms with Crippen molar-refractivity contribution in [3.8, 4) is 5.75 Å². The largest absolute Gasteiger partial charge is 0.490 e. The molecule has 0 spiro atoms. The molecule has 0 aliphatic carbocycles. The molecule has 0 unspecified atom stereocenters. The smallest absolute Gasteiger partial charge is 0.204 e. The Labute approximate surface area is 188 Å². The first-order chi connectivity index (χ1) is 15.3. The molecule has 0 bridgehead atoms. The molecule has 0 aliphatic heterocycles. The summed E-state index contributed by atoms with van der Waals surface area (Å²) < 4.78 is 9.17. The Morgan fingerprint density at radius 1 is 1.03 bits per heavy atom. The minimum absolute atomic E-state index is 0.517. The molecule has 5 rings (SSSR count). The predicted molar refractivity (Wildman–Crippen MR) is 130 cm³/mol. The number of para-hydroxylation sites is 3. The molecule has 7 heteroatoms. The highest BCUT2D eigenvalue weighted by Gasteiger charge is 2.08. The van der Waals surface area contributed by atoms with Crippen LogP contribution in [0.25, 0.3) is 21.1 Å². The molecule has 5 aromatic rings. The second-order valence-corrected chi connectivity index (χ2v) is 8.37. The number of benzene rings is 3. The van der Waals surface area contributed by atoms with Crippen LogP contribution in [-0.2, 0) is 6.54 Å². The molecule has 31 heavy (non-hydrogen) atoms. The van der Waals surface area contributed by atoms with E-state index < -0.39 is 0 Å². The Bertz CT molecular complexity index is 1340. The Kier molecular flexibility index (Phi) is 5.56. The van der Waals surface area contributed by atoms with Crippen LogP contribution < -0.4 is 10.2 Å². The molecule has 1 N–H and O–H groups in total. The van der Waals surface area contributed by atoms with Crippen molar-refractivity contribution in [1.29, 1.82) is 0 Å². The Morgan fingerprint density at radius 3 is 2.74 bits per heavy atom. The molecule has 154 valence electrons. The zero-order valence-corrected chi connectivity index (χ0v) is 18.1. The number of halogens is 1. The number of nitrogens with zero attached hydrogens (tertiary/aromatic N) is 3. The van der Waals surface area contributed by atoms with Crippen molar-refractivity contribution in [2.24, 2.45) is 5.10 Å². The Balaban J connectivity index is 1.32. The van der Waals surface area contributed by atoms with Crippen LogP contribution in [0.2, 0.25) is 5.02 Å². The maximum absolute atomic E-state index is 6.18. The van der Waals surface area contributed by atoms with Gasteiger partial charge in [-0.2, -0.15) is 5.10 Å². The van der Waals surface area contributed by atoms with E-state index in [1.807, 2.05) is 60.8 Å². The van der Waals surface area contributed by atoms with Gasteiger partial charge in [-0.25, -0.2) is 4.98 Å². The van der Waals surface area contributed by atoms with E-state index in [4.69, 9.17) is 16.3 Å². The van der Waals surface area contributed by atoms with Gasteiger partial charge < -0.3 is 9.30 Å². The fourth-order valence-corrected chi connectivity index (χ4v) is 4.46. The molecule has 0 saturated carbocycles. The monoisotopic (exact) mass is 446 g/mol. The molecule has 3 aromatic carbocycles. The average molecular weight is 447 g/mol. The summed E-state index contributed by atoms with van der Waals surface area (Å²) in [6, 6.07) is 23.8. The lowest BCUT2D eigenvalue weighted by atomic mass is 10.2. The number of hydrogen-bond acceptors (Lipinski definition) is 5. The molecule has 0 fully saturated rings. The zero-order valence-electron chi connectivity index (χ0n) is 16.5. The molecular weight excluding hydrogens is 428 g/mol. The lowest BCUT2D eigenvalue weighted by Crippen LogP contribution is -2.07. The summed E-state index contributed by atoms with van der Waals surface area (Å²) >= 11 is 7.76. The molecule has 0 amide bonds. The van der Waals surface area contributed by atoms with Gasteiger partial charge in [-0.05, 0) is 30.3 Å². The summed E-state index contributed by atoms with van der Waals surface area (Å²) in [5.41, 5.74) is 6.19. The van der Waals surface area contributed by atoms with Crippen LogP contribution in [0.4, 0.5) is 5.13 Å². The van der Waals surface area contributed by atoms with Crippen molar-refractivity contribution in [3.63, 3.8) is 0 Å². The van der Waals surface area contributed by atoms with E-state index in [-0.39, 0.29) is 0 Å². The molecular formula is C24H19ClN4OS. The second-order valence-electron chi connectivity index (χ2n) is 6.93. The van der Waals surface area contributed by atoms with Crippen LogP contribution >= 0.6 is 22.9 Å². The molecule has 0 aliphatic rings. The van der Waals surface area contributed by atoms with Gasteiger partial charge >= 0.3 is 0 Å². The molecule has 0 atom stereocenters. The quantitative estimate of drug-likeness (QED) is 0.231. The minimum atomic E-state index is 0.517. The van der Waals surface area contributed by atoms with Gasteiger partial charge in [-0.15, -0.1) is 0 Å². The third-order valence-electron chi connectivity index (χ3n) is 4.90. The van der Waals surface area contributed by atoms with E-state index in [1.165, 1.54) is 0 Å². The molecule has 0 saturated heterocycles. The van der Waals surface area contributed by atoms with E-state index >= 15 is 0 Å². The van der Waals surface area contributed by atoms with Gasteiger partial charge in [0, 0.05) is 22.7 Å². The Morgan fingerprint density at radius 2 is 1.84 bits per heavy atom. The number of anilines is 1. The van der Waals surface area contributed by atoms with Gasteiger partial charge in [0.2, 0.25) is 5.13 Å². The molecule has 0 radical (unpaired) electrons. The molecule has 2 aromatic heterocycles. The van der Waals surface area contributed by atoms with Crippen LogP contribution in [0.15, 0.2) is 84.1 Å². The second kappa shape index (κ2) is 8.79. The predicted octanol–water partition coefficient (Wildman–Crippen LogP) is 6.43. The summed E-state index contributed by atoms with van der Waals surface area (Å²) in [5.74, 6) is 0.697. The highest BCUT2D eigenvalue weighted by molar-refractivity contribution is 7.22. The van der Waals surface area contributed by atoms with Crippen LogP contribution in [-0.4, -0.2) is 22.4 Å². The van der Waals surface area contributed by atoms with Crippen LogP contribution in [0.1, 0.15) is 5.56 Å². The number of rotatable bonds is 7. The van der Waals surface area contributed by atoms with Crippen molar-refractivity contribution in [2.75, 3.05) is 12.0 Å². The third-order valence-corrected chi connectivity index (χ3v) is 6.16. The van der Waals surface area contributed by atoms with Gasteiger partial charge in [0.15, 0.2) is 0 Å². The summed E-state index contributed by atoms with van der Waals surface area (Å²) in [7, 11) is 0. The first-order valence-corrected chi connectivity index (χ1v) is 11.1. The number of aromatic nitrogens is 2. The number of ether oxygens (including phenoxy) is 1. The highest BCUT2D eigenvalue weighted by atomic mass is 35.5. The summed E-state index contributed by atoms with van der Waals surface area (Å²) in [4.78, 5) is 4.55. The van der Waals surface area contributed by atoms with E-state index in [0.717, 1.165) is 31.8 Å². The maximum Gasteiger partial charge on any atom is 0.204 e. The van der Waals surface area contributed by atoms with Crippen molar-refractivity contribution in [1.82, 2.24) is 9.55 Å². The third kappa shape index (κ3) is 4.26. The summed E-state index contributed by atoms with van der Waals surface area (Å²) in [6.07, 6.45) is 3.92. The van der Waals surface area contributed by atoms with Crippen LogP contribution in [0.3, 0.4) is 0 Å². The fourth-order valence-electron chi connectivity index (χ4n) is 3.46. The highest BCUT2D eigenvalue weighted by Crippen LogP contribution is 2.26. The SMILES string of the molecule is Clc1ccccc1OCCn1cc(C=NNc2nc3ccccc3s2)c2ccccc21. The topological polar surface area (TPSA) is 51.4 Å². The Hall–Kier alpha value is -3.35. The van der Waals surface area contributed by atoms with E-state index in [1.54, 1.807) is 11.3 Å². The molecule has 5 nitrogen and oxygen atoms in total. The van der Waals surface area contributed by atoms with Gasteiger partial charge in [-0.1, -0.05) is 65.4 Å². The minimum Gasteiger partial charge on any atom is -0.490 e. The summed E-state index contributed by atoms with van der Waals surface area (Å²) in [6.45, 7) is 1.22. The lowest BCUT2D eigenvalue weighted by Gasteiger charge is -2.09. The lowest BCUT2D eigenvalue weighted by molar-refractivity contribution is 0.300. The van der Waals surface area contributed by atoms with Crippen molar-refractivity contribution in [3.05, 3.63) is 89.6 Å². The van der Waals surface area contributed by atoms with Crippen molar-refractivity contribution < 1.29 is 4.74 Å². The van der Waals surface area contributed by atoms with Crippen LogP contribution in [0.5, 0.6) is 5.75 Å². The normalized spacial score (nSPS) is 11.5.